The van der Waals surface area contributed by atoms with Crippen LogP contribution in [0, 0.1) is 0 Å². The third-order valence-corrected chi connectivity index (χ3v) is 3.97. The molecule has 1 saturated heterocycles. The molecule has 5 heteroatoms. The second-order valence-corrected chi connectivity index (χ2v) is 5.52. The Hall–Kier alpha value is -2.43. The van der Waals surface area contributed by atoms with E-state index in [-0.39, 0.29) is 5.91 Å². The fourth-order valence-electron chi connectivity index (χ4n) is 2.65. The van der Waals surface area contributed by atoms with Gasteiger partial charge in [-0.2, -0.15) is 0 Å². The average Bonchev–Trinajstić information content (AvgIpc) is 2.62. The van der Waals surface area contributed by atoms with Gasteiger partial charge in [-0.15, -0.1) is 0 Å². The number of nitrogens with zero attached hydrogens (tertiary/aromatic N) is 4. The molecule has 0 saturated carbocycles. The number of carbonyl (C=O) groups is 1. The lowest BCUT2D eigenvalue weighted by atomic mass is 10.1. The summed E-state index contributed by atoms with van der Waals surface area (Å²) in [7, 11) is 1.91. The van der Waals surface area contributed by atoms with Crippen molar-refractivity contribution in [3.05, 3.63) is 48.3 Å². The maximum absolute atomic E-state index is 12.4. The highest BCUT2D eigenvalue weighted by atomic mass is 16.2. The fourth-order valence-corrected chi connectivity index (χ4v) is 2.65. The highest BCUT2D eigenvalue weighted by Gasteiger charge is 2.19. The molecule has 1 amide bonds. The lowest BCUT2D eigenvalue weighted by molar-refractivity contribution is 0.0723. The molecule has 2 aromatic rings. The van der Waals surface area contributed by atoms with E-state index in [4.69, 9.17) is 0 Å². The van der Waals surface area contributed by atoms with Gasteiger partial charge in [0, 0.05) is 38.2 Å². The minimum absolute atomic E-state index is 0.0358. The number of amides is 1. The Labute approximate surface area is 130 Å². The Morgan fingerprint density at radius 3 is 2.32 bits per heavy atom. The largest absolute Gasteiger partial charge is 0.339 e. The van der Waals surface area contributed by atoms with Gasteiger partial charge < -0.3 is 9.80 Å². The molecule has 0 unspecified atom stereocenters. The smallest absolute Gasteiger partial charge is 0.256 e. The van der Waals surface area contributed by atoms with Crippen molar-refractivity contribution in [3.8, 4) is 0 Å². The number of hydrogen-bond acceptors (Lipinski definition) is 4. The Morgan fingerprint density at radius 2 is 1.68 bits per heavy atom. The first-order chi connectivity index (χ1) is 10.8. The summed E-state index contributed by atoms with van der Waals surface area (Å²) in [5, 5.41) is 0. The van der Waals surface area contributed by atoms with Crippen molar-refractivity contribution < 1.29 is 4.79 Å². The van der Waals surface area contributed by atoms with Crippen molar-refractivity contribution in [2.75, 3.05) is 25.0 Å². The first-order valence-corrected chi connectivity index (χ1v) is 7.66. The Kier molecular flexibility index (Phi) is 4.32. The summed E-state index contributed by atoms with van der Waals surface area (Å²) in [5.74, 6) is 0.620. The molecule has 2 heterocycles. The molecule has 0 radical (unpaired) electrons. The fraction of sp³-hybridized carbons (Fsp3) is 0.353. The summed E-state index contributed by atoms with van der Waals surface area (Å²) in [6.45, 7) is 1.68. The molecule has 1 aliphatic rings. The molecular formula is C17H20N4O. The van der Waals surface area contributed by atoms with Gasteiger partial charge >= 0.3 is 0 Å². The van der Waals surface area contributed by atoms with Crippen LogP contribution in [0.15, 0.2) is 42.7 Å². The van der Waals surface area contributed by atoms with E-state index >= 15 is 0 Å². The molecule has 5 nitrogen and oxygen atoms in total. The Bertz CT molecular complexity index is 621. The van der Waals surface area contributed by atoms with Crippen molar-refractivity contribution in [2.45, 2.75) is 19.3 Å². The quantitative estimate of drug-likeness (QED) is 0.874. The molecule has 0 bridgehead atoms. The van der Waals surface area contributed by atoms with E-state index in [1.807, 2.05) is 47.2 Å². The van der Waals surface area contributed by atoms with Gasteiger partial charge in [0.25, 0.3) is 5.91 Å². The van der Waals surface area contributed by atoms with Crippen LogP contribution in [0.1, 0.15) is 29.6 Å². The lowest BCUT2D eigenvalue weighted by Gasteiger charge is -2.26. The third-order valence-electron chi connectivity index (χ3n) is 3.97. The predicted molar refractivity (Wildman–Crippen MR) is 86.3 cm³/mol. The van der Waals surface area contributed by atoms with E-state index in [0.717, 1.165) is 31.6 Å². The SMILES string of the molecule is CN(c1ccccc1)c1ncc(C(=O)N2CCCCC2)cn1. The van der Waals surface area contributed by atoms with Gasteiger partial charge in [0.1, 0.15) is 0 Å². The van der Waals surface area contributed by atoms with E-state index in [2.05, 4.69) is 9.97 Å². The van der Waals surface area contributed by atoms with Crippen molar-refractivity contribution in [2.24, 2.45) is 0 Å². The monoisotopic (exact) mass is 296 g/mol. The zero-order valence-corrected chi connectivity index (χ0v) is 12.8. The highest BCUT2D eigenvalue weighted by Crippen LogP contribution is 2.19. The molecule has 0 N–H and O–H groups in total. The first kappa shape index (κ1) is 14.5. The van der Waals surface area contributed by atoms with Gasteiger partial charge in [0.2, 0.25) is 5.95 Å². The predicted octanol–water partition coefficient (Wildman–Crippen LogP) is 2.87. The number of likely N-dealkylation sites (tertiary alicyclic amines) is 1. The van der Waals surface area contributed by atoms with E-state index < -0.39 is 0 Å². The topological polar surface area (TPSA) is 49.3 Å². The van der Waals surface area contributed by atoms with Crippen molar-refractivity contribution in [3.63, 3.8) is 0 Å². The molecule has 3 rings (SSSR count). The van der Waals surface area contributed by atoms with Crippen LogP contribution in [0.25, 0.3) is 0 Å². The van der Waals surface area contributed by atoms with Crippen molar-refractivity contribution in [1.29, 1.82) is 0 Å². The Balaban J connectivity index is 1.73. The number of benzene rings is 1. The first-order valence-electron chi connectivity index (χ1n) is 7.66. The number of hydrogen-bond donors (Lipinski definition) is 0. The number of carbonyl (C=O) groups excluding carboxylic acids is 1. The zero-order valence-electron chi connectivity index (χ0n) is 12.8. The number of para-hydroxylation sites is 1. The van der Waals surface area contributed by atoms with Crippen LogP contribution in [0.2, 0.25) is 0 Å². The normalized spacial score (nSPS) is 14.7. The standard InChI is InChI=1S/C17H20N4O/c1-20(15-8-4-2-5-9-15)17-18-12-14(13-19-17)16(22)21-10-6-3-7-11-21/h2,4-5,8-9,12-13H,3,6-7,10-11H2,1H3. The lowest BCUT2D eigenvalue weighted by Crippen LogP contribution is -2.35. The van der Waals surface area contributed by atoms with Crippen LogP contribution in [-0.4, -0.2) is 40.9 Å². The maximum atomic E-state index is 12.4. The van der Waals surface area contributed by atoms with Crippen LogP contribution in [0.3, 0.4) is 0 Å². The second kappa shape index (κ2) is 6.56. The number of piperidine rings is 1. The second-order valence-electron chi connectivity index (χ2n) is 5.52. The van der Waals surface area contributed by atoms with Gasteiger partial charge in [0.05, 0.1) is 5.56 Å². The summed E-state index contributed by atoms with van der Waals surface area (Å²) in [6.07, 6.45) is 6.63. The summed E-state index contributed by atoms with van der Waals surface area (Å²) in [4.78, 5) is 24.8. The number of rotatable bonds is 3. The van der Waals surface area contributed by atoms with E-state index in [0.29, 0.717) is 11.5 Å². The Morgan fingerprint density at radius 1 is 1.05 bits per heavy atom. The highest BCUT2D eigenvalue weighted by molar-refractivity contribution is 5.93. The average molecular weight is 296 g/mol. The molecule has 1 aromatic heterocycles. The van der Waals surface area contributed by atoms with E-state index in [1.54, 1.807) is 12.4 Å². The van der Waals surface area contributed by atoms with Gasteiger partial charge in [0.15, 0.2) is 0 Å². The molecule has 0 spiro atoms. The van der Waals surface area contributed by atoms with Crippen LogP contribution in [0.4, 0.5) is 11.6 Å². The van der Waals surface area contributed by atoms with Gasteiger partial charge in [-0.05, 0) is 31.4 Å². The van der Waals surface area contributed by atoms with Crippen LogP contribution < -0.4 is 4.90 Å². The molecule has 1 aliphatic heterocycles. The molecule has 1 fully saturated rings. The summed E-state index contributed by atoms with van der Waals surface area (Å²) >= 11 is 0. The molecule has 114 valence electrons. The van der Waals surface area contributed by atoms with Crippen LogP contribution in [0.5, 0.6) is 0 Å². The molecule has 1 aromatic carbocycles. The summed E-state index contributed by atoms with van der Waals surface area (Å²) in [5.41, 5.74) is 1.57. The zero-order chi connectivity index (χ0) is 15.4. The van der Waals surface area contributed by atoms with E-state index in [9.17, 15) is 4.79 Å². The van der Waals surface area contributed by atoms with Crippen molar-refractivity contribution >= 4 is 17.5 Å². The molecule has 22 heavy (non-hydrogen) atoms. The summed E-state index contributed by atoms with van der Waals surface area (Å²) < 4.78 is 0. The van der Waals surface area contributed by atoms with Crippen molar-refractivity contribution in [1.82, 2.24) is 14.9 Å². The number of aromatic nitrogens is 2. The van der Waals surface area contributed by atoms with Crippen LogP contribution in [-0.2, 0) is 0 Å². The summed E-state index contributed by atoms with van der Waals surface area (Å²) in [6, 6.07) is 9.91. The van der Waals surface area contributed by atoms with Gasteiger partial charge in [-0.3, -0.25) is 4.79 Å². The molecule has 0 aliphatic carbocycles. The molecule has 0 atom stereocenters. The minimum atomic E-state index is 0.0358. The maximum Gasteiger partial charge on any atom is 0.256 e. The van der Waals surface area contributed by atoms with Gasteiger partial charge in [-0.1, -0.05) is 18.2 Å². The van der Waals surface area contributed by atoms with E-state index in [1.165, 1.54) is 6.42 Å². The van der Waals surface area contributed by atoms with Crippen LogP contribution >= 0.6 is 0 Å². The minimum Gasteiger partial charge on any atom is -0.339 e. The van der Waals surface area contributed by atoms with Gasteiger partial charge in [-0.25, -0.2) is 9.97 Å². The third kappa shape index (κ3) is 3.08. The molecular weight excluding hydrogens is 276 g/mol. The number of anilines is 2.